The smallest absolute Gasteiger partial charge is 0.416 e. The molecule has 1 saturated heterocycles. The van der Waals surface area contributed by atoms with Gasteiger partial charge in [-0.1, -0.05) is 5.16 Å². The Morgan fingerprint density at radius 2 is 2.10 bits per heavy atom. The van der Waals surface area contributed by atoms with Gasteiger partial charge < -0.3 is 9.26 Å². The van der Waals surface area contributed by atoms with Crippen LogP contribution < -0.4 is 4.90 Å². The van der Waals surface area contributed by atoms with Crippen LogP contribution >= 0.6 is 0 Å². The molecule has 9 heteroatoms. The summed E-state index contributed by atoms with van der Waals surface area (Å²) in [5.41, 5.74) is -0.548. The predicted octanol–water partition coefficient (Wildman–Crippen LogP) is 2.70. The van der Waals surface area contributed by atoms with Gasteiger partial charge in [-0.15, -0.1) is 0 Å². The van der Waals surface area contributed by atoms with Crippen molar-refractivity contribution in [2.75, 3.05) is 11.5 Å². The third kappa shape index (κ3) is 1.69. The molecule has 0 bridgehead atoms. The van der Waals surface area contributed by atoms with Crippen LogP contribution in [0.3, 0.4) is 0 Å². The van der Waals surface area contributed by atoms with Crippen molar-refractivity contribution in [3.8, 4) is 0 Å². The maximum atomic E-state index is 13.5. The van der Waals surface area contributed by atoms with Crippen molar-refractivity contribution in [1.29, 1.82) is 0 Å². The number of benzene rings is 1. The second-order valence-corrected chi connectivity index (χ2v) is 4.09. The average molecular weight is 290 g/mol. The summed E-state index contributed by atoms with van der Waals surface area (Å²) in [5, 5.41) is 3.28. The first kappa shape index (κ1) is 12.7. The summed E-state index contributed by atoms with van der Waals surface area (Å²) in [6, 6.07) is 0.328. The van der Waals surface area contributed by atoms with Crippen LogP contribution in [0.4, 0.5) is 28.2 Å². The zero-order valence-electron chi connectivity index (χ0n) is 9.65. The van der Waals surface area contributed by atoms with Crippen molar-refractivity contribution in [3.05, 3.63) is 23.8 Å². The molecule has 1 aromatic carbocycles. The highest BCUT2D eigenvalue weighted by Crippen LogP contribution is 2.33. The molecule has 2 heterocycles. The van der Waals surface area contributed by atoms with Crippen LogP contribution in [0.25, 0.3) is 11.0 Å². The highest BCUT2D eigenvalue weighted by molar-refractivity contribution is 5.99. The topological polar surface area (TPSA) is 55.6 Å². The van der Waals surface area contributed by atoms with Crippen LogP contribution in [0.5, 0.6) is 0 Å². The van der Waals surface area contributed by atoms with Gasteiger partial charge >= 0.3 is 6.09 Å². The molecule has 0 aliphatic carbocycles. The molecule has 0 spiro atoms. The van der Waals surface area contributed by atoms with E-state index in [1.54, 1.807) is 0 Å². The molecule has 20 heavy (non-hydrogen) atoms. The lowest BCUT2D eigenvalue weighted by molar-refractivity contribution is 0.104. The van der Waals surface area contributed by atoms with Crippen molar-refractivity contribution < 1.29 is 31.6 Å². The molecular formula is C11H6F4N2O3. The zero-order valence-corrected chi connectivity index (χ0v) is 9.65. The number of amides is 1. The summed E-state index contributed by atoms with van der Waals surface area (Å²) in [4.78, 5) is 12.1. The molecule has 1 amide bonds. The van der Waals surface area contributed by atoms with Gasteiger partial charge in [0.1, 0.15) is 12.6 Å². The number of aromatic nitrogens is 1. The number of nitrogens with zero attached hydrogens (tertiary/aromatic N) is 2. The van der Waals surface area contributed by atoms with E-state index in [9.17, 15) is 22.4 Å². The number of ether oxygens (including phenoxy) is 1. The van der Waals surface area contributed by atoms with Crippen LogP contribution in [-0.2, 0) is 4.74 Å². The molecular weight excluding hydrogens is 284 g/mol. The van der Waals surface area contributed by atoms with Gasteiger partial charge in [-0.2, -0.15) is 4.39 Å². The average Bonchev–Trinajstić information content (AvgIpc) is 2.97. The third-order valence-corrected chi connectivity index (χ3v) is 2.94. The van der Waals surface area contributed by atoms with E-state index in [1.165, 1.54) is 0 Å². The summed E-state index contributed by atoms with van der Waals surface area (Å²) in [5.74, 6) is -2.80. The fraction of sp³-hybridized carbons (Fsp3) is 0.273. The maximum Gasteiger partial charge on any atom is 0.416 e. The number of carbonyl (C=O) groups excluding carboxylic acids is 1. The molecule has 0 N–H and O–H groups in total. The largest absolute Gasteiger partial charge is 0.447 e. The number of rotatable bonds is 2. The summed E-state index contributed by atoms with van der Waals surface area (Å²) >= 11 is 0. The Bertz CT molecular complexity index is 688. The third-order valence-electron chi connectivity index (χ3n) is 2.94. The molecule has 0 saturated carbocycles. The monoisotopic (exact) mass is 290 g/mol. The molecule has 5 nitrogen and oxygen atoms in total. The van der Waals surface area contributed by atoms with Gasteiger partial charge in [0.05, 0.1) is 5.39 Å². The van der Waals surface area contributed by atoms with E-state index in [-0.39, 0.29) is 11.2 Å². The summed E-state index contributed by atoms with van der Waals surface area (Å²) in [7, 11) is 0. The predicted molar refractivity (Wildman–Crippen MR) is 57.5 cm³/mol. The fourth-order valence-electron chi connectivity index (χ4n) is 1.97. The molecule has 0 unspecified atom stereocenters. The quantitative estimate of drug-likeness (QED) is 0.798. The van der Waals surface area contributed by atoms with Crippen LogP contribution in [0.1, 0.15) is 0 Å². The molecule has 1 atom stereocenters. The Labute approximate surface area is 108 Å². The van der Waals surface area contributed by atoms with E-state index >= 15 is 0 Å². The van der Waals surface area contributed by atoms with Crippen molar-refractivity contribution in [3.63, 3.8) is 0 Å². The molecule has 1 aliphatic rings. The van der Waals surface area contributed by atoms with Gasteiger partial charge in [0, 0.05) is 0 Å². The Hall–Kier alpha value is -2.32. The number of fused-ring (bicyclic) bond motifs is 1. The van der Waals surface area contributed by atoms with Gasteiger partial charge in [-0.25, -0.2) is 22.9 Å². The summed E-state index contributed by atoms with van der Waals surface area (Å²) < 4.78 is 61.3. The highest BCUT2D eigenvalue weighted by Gasteiger charge is 2.42. The van der Waals surface area contributed by atoms with Crippen molar-refractivity contribution >= 4 is 22.9 Å². The number of hydrogen-bond acceptors (Lipinski definition) is 4. The Morgan fingerprint density at radius 3 is 2.80 bits per heavy atom. The number of cyclic esters (lactones) is 1. The molecule has 0 radical (unpaired) electrons. The molecule has 1 fully saturated rings. The number of halogens is 4. The van der Waals surface area contributed by atoms with Crippen LogP contribution in [0.2, 0.25) is 0 Å². The molecule has 2 aromatic rings. The van der Waals surface area contributed by atoms with E-state index < -0.39 is 42.4 Å². The zero-order chi connectivity index (χ0) is 14.4. The van der Waals surface area contributed by atoms with Crippen LogP contribution in [-0.4, -0.2) is 30.3 Å². The minimum absolute atomic E-state index is 0.0894. The fourth-order valence-corrected chi connectivity index (χ4v) is 1.97. The molecule has 1 aromatic heterocycles. The standard InChI is InChI=1S/C11H6F4N2O3/c12-5-2-1-4-8(7(5)13)20-16-10(4)17-6(9(14)15)3-19-11(17)18/h1-2,6,9H,3H2/t6-/m1/s1. The van der Waals surface area contributed by atoms with E-state index in [4.69, 9.17) is 0 Å². The molecule has 106 valence electrons. The van der Waals surface area contributed by atoms with Crippen molar-refractivity contribution in [1.82, 2.24) is 5.16 Å². The minimum atomic E-state index is -2.88. The Kier molecular flexibility index (Phi) is 2.77. The first-order valence-electron chi connectivity index (χ1n) is 5.48. The summed E-state index contributed by atoms with van der Waals surface area (Å²) in [6.45, 7) is -0.519. The SMILES string of the molecule is O=C1OC[C@H](C(F)F)N1c1noc2c(F)c(F)ccc12. The van der Waals surface area contributed by atoms with Gasteiger partial charge in [0.15, 0.2) is 11.6 Å². The van der Waals surface area contributed by atoms with Crippen molar-refractivity contribution in [2.24, 2.45) is 0 Å². The van der Waals surface area contributed by atoms with Gasteiger partial charge in [0.2, 0.25) is 11.4 Å². The second kappa shape index (κ2) is 4.36. The summed E-state index contributed by atoms with van der Waals surface area (Å²) in [6.07, 6.45) is -3.92. The lowest BCUT2D eigenvalue weighted by Crippen LogP contribution is -2.39. The first-order valence-corrected chi connectivity index (χ1v) is 5.48. The first-order chi connectivity index (χ1) is 9.50. The number of alkyl halides is 2. The maximum absolute atomic E-state index is 13.5. The number of carbonyl (C=O) groups is 1. The highest BCUT2D eigenvalue weighted by atomic mass is 19.3. The number of hydrogen-bond donors (Lipinski definition) is 0. The van der Waals surface area contributed by atoms with E-state index in [0.29, 0.717) is 4.90 Å². The van der Waals surface area contributed by atoms with Crippen LogP contribution in [0, 0.1) is 11.6 Å². The Morgan fingerprint density at radius 1 is 1.35 bits per heavy atom. The molecule has 1 aliphatic heterocycles. The van der Waals surface area contributed by atoms with Crippen LogP contribution in [0.15, 0.2) is 16.7 Å². The second-order valence-electron chi connectivity index (χ2n) is 4.09. The van der Waals surface area contributed by atoms with Crippen molar-refractivity contribution in [2.45, 2.75) is 12.5 Å². The van der Waals surface area contributed by atoms with Gasteiger partial charge in [0.25, 0.3) is 6.43 Å². The van der Waals surface area contributed by atoms with Gasteiger partial charge in [-0.3, -0.25) is 0 Å². The van der Waals surface area contributed by atoms with Gasteiger partial charge in [-0.05, 0) is 12.1 Å². The molecule has 3 rings (SSSR count). The minimum Gasteiger partial charge on any atom is -0.447 e. The number of anilines is 1. The Balaban J connectivity index is 2.14. The lowest BCUT2D eigenvalue weighted by atomic mass is 10.2. The lowest BCUT2D eigenvalue weighted by Gasteiger charge is -2.17. The van der Waals surface area contributed by atoms with E-state index in [2.05, 4.69) is 14.4 Å². The normalized spacial score (nSPS) is 19.1. The van der Waals surface area contributed by atoms with E-state index in [1.807, 2.05) is 0 Å². The van der Waals surface area contributed by atoms with E-state index in [0.717, 1.165) is 12.1 Å².